The fraction of sp³-hybridized carbons (Fsp3) is 0.429. The fourth-order valence-corrected chi connectivity index (χ4v) is 0.564. The molecule has 0 radical (unpaired) electrons. The van der Waals surface area contributed by atoms with Crippen molar-refractivity contribution in [2.24, 2.45) is 5.92 Å². The Bertz CT molecular complexity index is 160. The van der Waals surface area contributed by atoms with Gasteiger partial charge in [0, 0.05) is 5.92 Å². The molecule has 0 heterocycles. The number of hydrogen-bond acceptors (Lipinski definition) is 2. The van der Waals surface area contributed by atoms with Crippen molar-refractivity contribution in [3.63, 3.8) is 0 Å². The number of carboxylic acids is 1. The van der Waals surface area contributed by atoms with Gasteiger partial charge in [-0.15, -0.1) is 0 Å². The molecule has 0 aliphatic carbocycles. The molecule has 0 aromatic carbocycles. The van der Waals surface area contributed by atoms with Crippen LogP contribution in [-0.4, -0.2) is 16.9 Å². The van der Waals surface area contributed by atoms with Gasteiger partial charge in [0.15, 0.2) is 5.78 Å². The molecule has 3 nitrogen and oxygen atoms in total. The lowest BCUT2D eigenvalue weighted by Gasteiger charge is -2.01. The SMILES string of the molecule is C=CC(=O)C(C)CC(=O)O. The molecule has 0 aromatic rings. The van der Waals surface area contributed by atoms with Crippen LogP contribution in [0.2, 0.25) is 0 Å². The van der Waals surface area contributed by atoms with Crippen LogP contribution in [0.1, 0.15) is 13.3 Å². The lowest BCUT2D eigenvalue weighted by molar-refractivity contribution is -0.139. The quantitative estimate of drug-likeness (QED) is 0.592. The van der Waals surface area contributed by atoms with E-state index in [4.69, 9.17) is 5.11 Å². The maximum Gasteiger partial charge on any atom is 0.304 e. The smallest absolute Gasteiger partial charge is 0.304 e. The molecule has 10 heavy (non-hydrogen) atoms. The molecule has 0 amide bonds. The lowest BCUT2D eigenvalue weighted by atomic mass is 10.0. The van der Waals surface area contributed by atoms with E-state index in [1.165, 1.54) is 0 Å². The third kappa shape index (κ3) is 3.02. The van der Waals surface area contributed by atoms with Gasteiger partial charge >= 0.3 is 5.97 Å². The summed E-state index contributed by atoms with van der Waals surface area (Å²) < 4.78 is 0. The van der Waals surface area contributed by atoms with E-state index < -0.39 is 11.9 Å². The largest absolute Gasteiger partial charge is 0.481 e. The maximum absolute atomic E-state index is 10.7. The molecule has 1 N–H and O–H groups in total. The first-order valence-corrected chi connectivity index (χ1v) is 2.96. The maximum atomic E-state index is 10.7. The molecular formula is C7H10O3. The average molecular weight is 142 g/mol. The summed E-state index contributed by atoms with van der Waals surface area (Å²) in [4.78, 5) is 20.7. The van der Waals surface area contributed by atoms with E-state index >= 15 is 0 Å². The first kappa shape index (κ1) is 8.88. The Labute approximate surface area is 59.4 Å². The highest BCUT2D eigenvalue weighted by molar-refractivity contribution is 5.92. The Kier molecular flexibility index (Phi) is 3.39. The molecule has 0 rings (SSSR count). The zero-order valence-electron chi connectivity index (χ0n) is 5.83. The summed E-state index contributed by atoms with van der Waals surface area (Å²) in [5.41, 5.74) is 0. The highest BCUT2D eigenvalue weighted by Gasteiger charge is 2.12. The minimum absolute atomic E-state index is 0.120. The van der Waals surface area contributed by atoms with Crippen LogP contribution in [0.5, 0.6) is 0 Å². The van der Waals surface area contributed by atoms with Crippen LogP contribution in [-0.2, 0) is 9.59 Å². The molecule has 1 unspecified atom stereocenters. The standard InChI is InChI=1S/C7H10O3/c1-3-6(8)5(2)4-7(9)10/h3,5H,1,4H2,2H3,(H,9,10). The van der Waals surface area contributed by atoms with Crippen LogP contribution in [0.25, 0.3) is 0 Å². The molecule has 0 fully saturated rings. The van der Waals surface area contributed by atoms with Crippen LogP contribution < -0.4 is 0 Å². The number of carbonyl (C=O) groups excluding carboxylic acids is 1. The zero-order chi connectivity index (χ0) is 8.15. The predicted octanol–water partition coefficient (Wildman–Crippen LogP) is 0.852. The molecule has 56 valence electrons. The third-order valence-corrected chi connectivity index (χ3v) is 1.17. The van der Waals surface area contributed by atoms with E-state index in [0.717, 1.165) is 6.08 Å². The second kappa shape index (κ2) is 3.82. The number of aliphatic carboxylic acids is 1. The van der Waals surface area contributed by atoms with Gasteiger partial charge in [-0.3, -0.25) is 9.59 Å². The predicted molar refractivity (Wildman–Crippen MR) is 36.6 cm³/mol. The number of rotatable bonds is 4. The molecule has 0 spiro atoms. The summed E-state index contributed by atoms with van der Waals surface area (Å²) in [7, 11) is 0. The van der Waals surface area contributed by atoms with Crippen molar-refractivity contribution >= 4 is 11.8 Å². The van der Waals surface area contributed by atoms with Gasteiger partial charge in [0.2, 0.25) is 0 Å². The first-order valence-electron chi connectivity index (χ1n) is 2.96. The van der Waals surface area contributed by atoms with Crippen molar-refractivity contribution in [1.82, 2.24) is 0 Å². The van der Waals surface area contributed by atoms with Crippen LogP contribution in [0.3, 0.4) is 0 Å². The Hall–Kier alpha value is -1.12. The van der Waals surface area contributed by atoms with Crippen molar-refractivity contribution in [1.29, 1.82) is 0 Å². The Balaban J connectivity index is 3.84. The van der Waals surface area contributed by atoms with Gasteiger partial charge in [-0.2, -0.15) is 0 Å². The van der Waals surface area contributed by atoms with Gasteiger partial charge in [-0.25, -0.2) is 0 Å². The summed E-state index contributed by atoms with van der Waals surface area (Å²) in [6.45, 7) is 4.81. The Morgan fingerprint density at radius 2 is 2.20 bits per heavy atom. The fourth-order valence-electron chi connectivity index (χ4n) is 0.564. The Morgan fingerprint density at radius 1 is 1.70 bits per heavy atom. The molecular weight excluding hydrogens is 132 g/mol. The minimum atomic E-state index is -0.956. The lowest BCUT2D eigenvalue weighted by Crippen LogP contribution is -2.12. The van der Waals surface area contributed by atoms with Crippen molar-refractivity contribution in [2.75, 3.05) is 0 Å². The number of allylic oxidation sites excluding steroid dienone is 1. The van der Waals surface area contributed by atoms with Gasteiger partial charge in [0.1, 0.15) is 0 Å². The summed E-state index contributed by atoms with van der Waals surface area (Å²) >= 11 is 0. The van der Waals surface area contributed by atoms with Crippen molar-refractivity contribution < 1.29 is 14.7 Å². The van der Waals surface area contributed by atoms with Gasteiger partial charge in [0.05, 0.1) is 6.42 Å². The molecule has 0 aliphatic rings. The Morgan fingerprint density at radius 3 is 2.50 bits per heavy atom. The molecule has 0 bridgehead atoms. The second-order valence-electron chi connectivity index (χ2n) is 2.11. The average Bonchev–Trinajstić information content (AvgIpc) is 1.85. The topological polar surface area (TPSA) is 54.4 Å². The van der Waals surface area contributed by atoms with Gasteiger partial charge in [0.25, 0.3) is 0 Å². The van der Waals surface area contributed by atoms with E-state index in [1.54, 1.807) is 6.92 Å². The third-order valence-electron chi connectivity index (χ3n) is 1.17. The molecule has 0 aromatic heterocycles. The molecule has 3 heteroatoms. The van der Waals surface area contributed by atoms with Crippen molar-refractivity contribution in [3.05, 3.63) is 12.7 Å². The number of hydrogen-bond donors (Lipinski definition) is 1. The van der Waals surface area contributed by atoms with Crippen LogP contribution in [0, 0.1) is 5.92 Å². The summed E-state index contributed by atoms with van der Waals surface area (Å²) in [6, 6.07) is 0. The van der Waals surface area contributed by atoms with Gasteiger partial charge in [-0.05, 0) is 6.08 Å². The van der Waals surface area contributed by atoms with E-state index in [0.29, 0.717) is 0 Å². The second-order valence-corrected chi connectivity index (χ2v) is 2.11. The highest BCUT2D eigenvalue weighted by Crippen LogP contribution is 2.02. The van der Waals surface area contributed by atoms with Crippen molar-refractivity contribution in [2.45, 2.75) is 13.3 Å². The first-order chi connectivity index (χ1) is 4.57. The molecule has 0 saturated carbocycles. The summed E-state index contributed by atoms with van der Waals surface area (Å²) in [5, 5.41) is 8.24. The number of carboxylic acid groups (broad SMARTS) is 1. The van der Waals surface area contributed by atoms with E-state index in [1.807, 2.05) is 0 Å². The summed E-state index contributed by atoms with van der Waals surface area (Å²) in [5.74, 6) is -1.62. The van der Waals surface area contributed by atoms with Gasteiger partial charge < -0.3 is 5.11 Å². The van der Waals surface area contributed by atoms with Crippen LogP contribution in [0.15, 0.2) is 12.7 Å². The van der Waals surface area contributed by atoms with Crippen molar-refractivity contribution in [3.8, 4) is 0 Å². The molecule has 0 saturated heterocycles. The monoisotopic (exact) mass is 142 g/mol. The molecule has 1 atom stereocenters. The van der Waals surface area contributed by atoms with E-state index in [2.05, 4.69) is 6.58 Å². The normalized spacial score (nSPS) is 12.1. The zero-order valence-corrected chi connectivity index (χ0v) is 5.83. The van der Waals surface area contributed by atoms with E-state index in [9.17, 15) is 9.59 Å². The van der Waals surface area contributed by atoms with Crippen LogP contribution >= 0.6 is 0 Å². The van der Waals surface area contributed by atoms with E-state index in [-0.39, 0.29) is 12.2 Å². The minimum Gasteiger partial charge on any atom is -0.481 e. The highest BCUT2D eigenvalue weighted by atomic mass is 16.4. The summed E-state index contributed by atoms with van der Waals surface area (Å²) in [6.07, 6.45) is 1.03. The number of carbonyl (C=O) groups is 2. The van der Waals surface area contributed by atoms with Gasteiger partial charge in [-0.1, -0.05) is 13.5 Å². The van der Waals surface area contributed by atoms with Crippen LogP contribution in [0.4, 0.5) is 0 Å². The number of ketones is 1. The molecule has 0 aliphatic heterocycles.